The lowest BCUT2D eigenvalue weighted by Crippen LogP contribution is -2.20. The second-order valence-electron chi connectivity index (χ2n) is 7.39. The Hall–Kier alpha value is -3.09. The van der Waals surface area contributed by atoms with Gasteiger partial charge >= 0.3 is 5.97 Å². The highest BCUT2D eigenvalue weighted by Crippen LogP contribution is 2.61. The topological polar surface area (TPSA) is 86.8 Å². The Bertz CT molecular complexity index is 989. The zero-order valence-corrected chi connectivity index (χ0v) is 15.5. The first kappa shape index (κ1) is 17.0. The molecule has 0 bridgehead atoms. The van der Waals surface area contributed by atoms with Crippen molar-refractivity contribution in [3.8, 4) is 17.2 Å². The molecule has 1 aromatic heterocycles. The van der Waals surface area contributed by atoms with Crippen molar-refractivity contribution in [3.05, 3.63) is 41.6 Å². The van der Waals surface area contributed by atoms with E-state index in [-0.39, 0.29) is 23.4 Å². The maximum Gasteiger partial charge on any atom is 0.306 e. The maximum absolute atomic E-state index is 12.1. The van der Waals surface area contributed by atoms with Crippen LogP contribution in [0.2, 0.25) is 0 Å². The number of nitrogens with one attached hydrogen (secondary N) is 1. The van der Waals surface area contributed by atoms with Crippen LogP contribution in [-0.4, -0.2) is 29.6 Å². The SMILES string of the molecule is CCOC(=O)CC12CC1Oc1ccc(Oc3ccnc4c3CCC(=O)N4)cc12. The average Bonchev–Trinajstić information content (AvgIpc) is 3.27. The minimum atomic E-state index is -0.299. The summed E-state index contributed by atoms with van der Waals surface area (Å²) in [5.41, 5.74) is 1.59. The van der Waals surface area contributed by atoms with E-state index in [2.05, 4.69) is 10.3 Å². The van der Waals surface area contributed by atoms with E-state index in [1.54, 1.807) is 12.3 Å². The molecule has 1 saturated carbocycles. The fraction of sp³-hybridized carbons (Fsp3) is 0.381. The van der Waals surface area contributed by atoms with Gasteiger partial charge in [0.15, 0.2) is 0 Å². The van der Waals surface area contributed by atoms with E-state index in [0.29, 0.717) is 43.2 Å². The van der Waals surface area contributed by atoms with E-state index >= 15 is 0 Å². The number of hydrogen-bond acceptors (Lipinski definition) is 6. The summed E-state index contributed by atoms with van der Waals surface area (Å²) in [4.78, 5) is 27.9. The van der Waals surface area contributed by atoms with Gasteiger partial charge in [-0.15, -0.1) is 0 Å². The molecule has 28 heavy (non-hydrogen) atoms. The minimum Gasteiger partial charge on any atom is -0.489 e. The van der Waals surface area contributed by atoms with Crippen LogP contribution in [0, 0.1) is 0 Å². The Morgan fingerprint density at radius 1 is 1.36 bits per heavy atom. The molecule has 1 amide bonds. The highest BCUT2D eigenvalue weighted by atomic mass is 16.5. The summed E-state index contributed by atoms with van der Waals surface area (Å²) in [6, 6.07) is 7.50. The Morgan fingerprint density at radius 3 is 3.11 bits per heavy atom. The lowest BCUT2D eigenvalue weighted by Gasteiger charge is -2.19. The smallest absolute Gasteiger partial charge is 0.306 e. The van der Waals surface area contributed by atoms with Crippen molar-refractivity contribution in [2.24, 2.45) is 0 Å². The molecule has 144 valence electrons. The van der Waals surface area contributed by atoms with Crippen LogP contribution in [0.25, 0.3) is 0 Å². The first-order valence-electron chi connectivity index (χ1n) is 9.51. The molecule has 3 aliphatic rings. The van der Waals surface area contributed by atoms with Crippen LogP contribution in [0.15, 0.2) is 30.5 Å². The number of pyridine rings is 1. The van der Waals surface area contributed by atoms with Gasteiger partial charge in [0.2, 0.25) is 5.91 Å². The molecule has 1 fully saturated rings. The summed E-state index contributed by atoms with van der Waals surface area (Å²) in [6.07, 6.45) is 3.79. The van der Waals surface area contributed by atoms with Gasteiger partial charge in [-0.25, -0.2) is 4.98 Å². The highest BCUT2D eigenvalue weighted by Gasteiger charge is 2.64. The van der Waals surface area contributed by atoms with Crippen molar-refractivity contribution in [2.45, 2.75) is 44.1 Å². The third-order valence-corrected chi connectivity index (χ3v) is 5.63. The van der Waals surface area contributed by atoms with Crippen molar-refractivity contribution in [3.63, 3.8) is 0 Å². The molecular weight excluding hydrogens is 360 g/mol. The van der Waals surface area contributed by atoms with Crippen LogP contribution in [0.5, 0.6) is 17.2 Å². The van der Waals surface area contributed by atoms with Crippen molar-refractivity contribution in [1.82, 2.24) is 4.98 Å². The van der Waals surface area contributed by atoms with Crippen molar-refractivity contribution < 1.29 is 23.8 Å². The molecular formula is C21H20N2O5. The Kier molecular flexibility index (Phi) is 3.79. The number of nitrogens with zero attached hydrogens (tertiary/aromatic N) is 1. The highest BCUT2D eigenvalue weighted by molar-refractivity contribution is 5.93. The molecule has 0 spiro atoms. The van der Waals surface area contributed by atoms with Crippen LogP contribution in [0.3, 0.4) is 0 Å². The largest absolute Gasteiger partial charge is 0.489 e. The number of carbonyl (C=O) groups is 2. The van der Waals surface area contributed by atoms with Crippen LogP contribution < -0.4 is 14.8 Å². The molecule has 1 aliphatic carbocycles. The molecule has 3 heterocycles. The van der Waals surface area contributed by atoms with Gasteiger partial charge in [0.05, 0.1) is 18.4 Å². The van der Waals surface area contributed by atoms with E-state index in [0.717, 1.165) is 23.3 Å². The molecule has 5 rings (SSSR count). The Morgan fingerprint density at radius 2 is 2.25 bits per heavy atom. The monoisotopic (exact) mass is 380 g/mol. The van der Waals surface area contributed by atoms with E-state index in [9.17, 15) is 9.59 Å². The summed E-state index contributed by atoms with van der Waals surface area (Å²) in [6.45, 7) is 2.18. The van der Waals surface area contributed by atoms with Crippen LogP contribution >= 0.6 is 0 Å². The number of aromatic nitrogens is 1. The molecule has 2 unspecified atom stereocenters. The predicted molar refractivity (Wildman–Crippen MR) is 99.7 cm³/mol. The lowest BCUT2D eigenvalue weighted by molar-refractivity contribution is -0.143. The van der Waals surface area contributed by atoms with Gasteiger partial charge in [-0.1, -0.05) is 0 Å². The third-order valence-electron chi connectivity index (χ3n) is 5.63. The van der Waals surface area contributed by atoms with Crippen molar-refractivity contribution in [2.75, 3.05) is 11.9 Å². The van der Waals surface area contributed by atoms with Crippen LogP contribution in [0.4, 0.5) is 5.82 Å². The number of fused-ring (bicyclic) bond motifs is 4. The van der Waals surface area contributed by atoms with Crippen molar-refractivity contribution in [1.29, 1.82) is 0 Å². The molecule has 1 aromatic carbocycles. The number of anilines is 1. The number of esters is 1. The number of rotatable bonds is 5. The maximum atomic E-state index is 12.1. The normalized spacial score (nSPS) is 23.6. The summed E-state index contributed by atoms with van der Waals surface area (Å²) < 4.78 is 17.2. The second-order valence-corrected chi connectivity index (χ2v) is 7.39. The van der Waals surface area contributed by atoms with E-state index in [1.807, 2.05) is 25.1 Å². The number of carbonyl (C=O) groups excluding carboxylic acids is 2. The first-order valence-corrected chi connectivity index (χ1v) is 9.51. The molecule has 2 aromatic rings. The molecule has 2 atom stereocenters. The molecule has 0 saturated heterocycles. The first-order chi connectivity index (χ1) is 13.6. The Balaban J connectivity index is 1.42. The van der Waals surface area contributed by atoms with Crippen LogP contribution in [-0.2, 0) is 26.2 Å². The molecule has 2 aliphatic heterocycles. The molecule has 7 nitrogen and oxygen atoms in total. The quantitative estimate of drug-likeness (QED) is 0.802. The zero-order chi connectivity index (χ0) is 19.3. The number of ether oxygens (including phenoxy) is 3. The van der Waals surface area contributed by atoms with E-state index < -0.39 is 0 Å². The number of benzene rings is 1. The van der Waals surface area contributed by atoms with Crippen molar-refractivity contribution >= 4 is 17.7 Å². The predicted octanol–water partition coefficient (Wildman–Crippen LogP) is 3.11. The fourth-order valence-corrected chi connectivity index (χ4v) is 4.16. The summed E-state index contributed by atoms with van der Waals surface area (Å²) in [7, 11) is 0. The molecule has 1 N–H and O–H groups in total. The van der Waals surface area contributed by atoms with Gasteiger partial charge < -0.3 is 19.5 Å². The second kappa shape index (κ2) is 6.22. The number of amides is 1. The molecule has 7 heteroatoms. The lowest BCUT2D eigenvalue weighted by atomic mass is 9.92. The summed E-state index contributed by atoms with van der Waals surface area (Å²) in [5, 5.41) is 2.78. The van der Waals surface area contributed by atoms with Gasteiger partial charge in [0, 0.05) is 23.7 Å². The fourth-order valence-electron chi connectivity index (χ4n) is 4.16. The third kappa shape index (κ3) is 2.69. The van der Waals surface area contributed by atoms with Gasteiger partial charge in [0.25, 0.3) is 0 Å². The average molecular weight is 380 g/mol. The van der Waals surface area contributed by atoms with E-state index in [1.165, 1.54) is 0 Å². The zero-order valence-electron chi connectivity index (χ0n) is 15.5. The van der Waals surface area contributed by atoms with Gasteiger partial charge in [-0.3, -0.25) is 9.59 Å². The minimum absolute atomic E-state index is 0.0334. The number of hydrogen-bond donors (Lipinski definition) is 1. The summed E-state index contributed by atoms with van der Waals surface area (Å²) in [5.74, 6) is 2.47. The Labute approximate surface area is 162 Å². The van der Waals surface area contributed by atoms with Crippen LogP contribution in [0.1, 0.15) is 37.3 Å². The summed E-state index contributed by atoms with van der Waals surface area (Å²) >= 11 is 0. The molecule has 0 radical (unpaired) electrons. The van der Waals surface area contributed by atoms with E-state index in [4.69, 9.17) is 14.2 Å². The van der Waals surface area contributed by atoms with Gasteiger partial charge in [0.1, 0.15) is 29.2 Å². The standard InChI is InChI=1S/C21H20N2O5/c1-2-26-19(25)11-21-10-17(21)28-16-5-3-12(9-14(16)21)27-15-7-8-22-20-13(15)4-6-18(24)23-20/h3,5,7-9,17H,2,4,6,10-11H2,1H3,(H,22,23,24). The van der Waals surface area contributed by atoms with Gasteiger partial charge in [-0.2, -0.15) is 0 Å². The van der Waals surface area contributed by atoms with Gasteiger partial charge in [-0.05, 0) is 44.0 Å².